The zero-order valence-electron chi connectivity index (χ0n) is 12.5. The van der Waals surface area contributed by atoms with Crippen molar-refractivity contribution in [3.05, 3.63) is 11.9 Å². The molecule has 1 N–H and O–H groups in total. The second kappa shape index (κ2) is 5.56. The lowest BCUT2D eigenvalue weighted by molar-refractivity contribution is 0.239. The van der Waals surface area contributed by atoms with Gasteiger partial charge in [0.05, 0.1) is 12.6 Å². The van der Waals surface area contributed by atoms with Gasteiger partial charge in [-0.15, -0.1) is 0 Å². The van der Waals surface area contributed by atoms with Crippen LogP contribution < -0.4 is 15.0 Å². The first-order chi connectivity index (χ1) is 9.73. The molecule has 1 aliphatic heterocycles. The summed E-state index contributed by atoms with van der Waals surface area (Å²) >= 11 is 0. The number of aromatic nitrogens is 2. The van der Waals surface area contributed by atoms with Crippen molar-refractivity contribution in [3.63, 3.8) is 0 Å². The molecule has 2 aliphatic rings. The van der Waals surface area contributed by atoms with Gasteiger partial charge in [0.2, 0.25) is 5.88 Å². The Labute approximate surface area is 120 Å². The van der Waals surface area contributed by atoms with Crippen LogP contribution in [0.1, 0.15) is 37.9 Å². The topological polar surface area (TPSA) is 50.3 Å². The fourth-order valence-electron chi connectivity index (χ4n) is 3.63. The van der Waals surface area contributed by atoms with Gasteiger partial charge in [-0.3, -0.25) is 0 Å². The van der Waals surface area contributed by atoms with Gasteiger partial charge in [-0.05, 0) is 19.8 Å². The highest BCUT2D eigenvalue weighted by atomic mass is 16.5. The van der Waals surface area contributed by atoms with Crippen LogP contribution in [-0.4, -0.2) is 42.3 Å². The van der Waals surface area contributed by atoms with Gasteiger partial charge in [0.15, 0.2) is 0 Å². The van der Waals surface area contributed by atoms with Crippen LogP contribution in [-0.2, 0) is 0 Å². The molecular weight excluding hydrogens is 252 g/mol. The molecule has 2 fully saturated rings. The van der Waals surface area contributed by atoms with Crippen molar-refractivity contribution in [2.24, 2.45) is 0 Å². The van der Waals surface area contributed by atoms with Gasteiger partial charge in [0, 0.05) is 25.7 Å². The maximum absolute atomic E-state index is 5.31. The molecule has 1 aromatic heterocycles. The number of nitrogens with one attached hydrogen (secondary N) is 1. The largest absolute Gasteiger partial charge is 0.481 e. The molecule has 1 saturated heterocycles. The molecule has 20 heavy (non-hydrogen) atoms. The minimum absolute atomic E-state index is 0.238. The van der Waals surface area contributed by atoms with E-state index in [0.29, 0.717) is 5.88 Å². The molecule has 0 amide bonds. The number of nitrogens with zero attached hydrogens (tertiary/aromatic N) is 3. The van der Waals surface area contributed by atoms with Crippen LogP contribution in [0.2, 0.25) is 0 Å². The van der Waals surface area contributed by atoms with E-state index in [1.54, 1.807) is 7.11 Å². The van der Waals surface area contributed by atoms with Gasteiger partial charge < -0.3 is 15.0 Å². The molecule has 110 valence electrons. The predicted molar refractivity (Wildman–Crippen MR) is 79.4 cm³/mol. The molecule has 0 bridgehead atoms. The molecular formula is C15H24N4O. The third-order valence-corrected chi connectivity index (χ3v) is 4.61. The zero-order chi connectivity index (χ0) is 14.0. The molecule has 1 aliphatic carbocycles. The molecule has 1 aromatic rings. The van der Waals surface area contributed by atoms with Crippen molar-refractivity contribution < 1.29 is 4.74 Å². The minimum Gasteiger partial charge on any atom is -0.481 e. The molecule has 0 unspecified atom stereocenters. The maximum Gasteiger partial charge on any atom is 0.218 e. The second-order valence-electron chi connectivity index (χ2n) is 5.93. The molecule has 0 radical (unpaired) electrons. The summed E-state index contributed by atoms with van der Waals surface area (Å²) in [5.74, 6) is 2.47. The molecule has 0 aromatic carbocycles. The summed E-state index contributed by atoms with van der Waals surface area (Å²) in [5.41, 5.74) is 0.238. The highest BCUT2D eigenvalue weighted by Crippen LogP contribution is 2.37. The standard InChI is InChI=1S/C15H24N4O/c1-12-17-13(10-14(18-12)20-2)19-9-8-16-11-15(19)6-4-3-5-7-15/h10,16H,3-9,11H2,1-2H3. The quantitative estimate of drug-likeness (QED) is 0.894. The molecule has 3 rings (SSSR count). The van der Waals surface area contributed by atoms with E-state index in [1.165, 1.54) is 32.1 Å². The van der Waals surface area contributed by atoms with E-state index in [0.717, 1.165) is 31.3 Å². The van der Waals surface area contributed by atoms with Crippen molar-refractivity contribution in [1.29, 1.82) is 0 Å². The van der Waals surface area contributed by atoms with E-state index in [1.807, 2.05) is 13.0 Å². The summed E-state index contributed by atoms with van der Waals surface area (Å²) in [6, 6.07) is 1.98. The van der Waals surface area contributed by atoms with Crippen molar-refractivity contribution in [3.8, 4) is 5.88 Å². The van der Waals surface area contributed by atoms with Crippen molar-refractivity contribution in [2.75, 3.05) is 31.6 Å². The van der Waals surface area contributed by atoms with Crippen molar-refractivity contribution in [2.45, 2.75) is 44.6 Å². The van der Waals surface area contributed by atoms with E-state index < -0.39 is 0 Å². The van der Waals surface area contributed by atoms with E-state index >= 15 is 0 Å². The third kappa shape index (κ3) is 2.46. The number of rotatable bonds is 2. The molecule has 1 saturated carbocycles. The predicted octanol–water partition coefficient (Wildman–Crippen LogP) is 1.91. The number of ether oxygens (including phenoxy) is 1. The average molecular weight is 276 g/mol. The number of methoxy groups -OCH3 is 1. The molecule has 0 atom stereocenters. The summed E-state index contributed by atoms with van der Waals surface area (Å²) in [6.45, 7) is 5.03. The van der Waals surface area contributed by atoms with E-state index in [2.05, 4.69) is 20.2 Å². The number of hydrogen-bond donors (Lipinski definition) is 1. The minimum atomic E-state index is 0.238. The fraction of sp³-hybridized carbons (Fsp3) is 0.733. The monoisotopic (exact) mass is 276 g/mol. The van der Waals surface area contributed by atoms with Gasteiger partial charge in [-0.2, -0.15) is 4.98 Å². The van der Waals surface area contributed by atoms with Gasteiger partial charge in [0.1, 0.15) is 11.6 Å². The van der Waals surface area contributed by atoms with E-state index in [9.17, 15) is 0 Å². The van der Waals surface area contributed by atoms with Crippen molar-refractivity contribution in [1.82, 2.24) is 15.3 Å². The molecule has 1 spiro atoms. The number of aryl methyl sites for hydroxylation is 1. The van der Waals surface area contributed by atoms with Gasteiger partial charge in [0.25, 0.3) is 0 Å². The summed E-state index contributed by atoms with van der Waals surface area (Å²) in [4.78, 5) is 11.5. The summed E-state index contributed by atoms with van der Waals surface area (Å²) in [7, 11) is 1.67. The summed E-state index contributed by atoms with van der Waals surface area (Å²) in [6.07, 6.45) is 6.51. The van der Waals surface area contributed by atoms with Crippen LogP contribution in [0.3, 0.4) is 0 Å². The van der Waals surface area contributed by atoms with Crippen LogP contribution in [0.5, 0.6) is 5.88 Å². The molecule has 2 heterocycles. The Morgan fingerprint density at radius 2 is 2.05 bits per heavy atom. The SMILES string of the molecule is COc1cc(N2CCNCC23CCCCC3)nc(C)n1. The first kappa shape index (κ1) is 13.6. The molecule has 5 nitrogen and oxygen atoms in total. The van der Waals surface area contributed by atoms with Gasteiger partial charge in [-0.25, -0.2) is 4.98 Å². The number of piperazine rings is 1. The Balaban J connectivity index is 1.95. The summed E-state index contributed by atoms with van der Waals surface area (Å²) in [5, 5.41) is 3.57. The van der Waals surface area contributed by atoms with E-state index in [4.69, 9.17) is 4.74 Å². The Morgan fingerprint density at radius 1 is 1.25 bits per heavy atom. The summed E-state index contributed by atoms with van der Waals surface area (Å²) < 4.78 is 5.31. The fourth-order valence-corrected chi connectivity index (χ4v) is 3.63. The highest BCUT2D eigenvalue weighted by molar-refractivity contribution is 5.46. The third-order valence-electron chi connectivity index (χ3n) is 4.61. The number of hydrogen-bond acceptors (Lipinski definition) is 5. The lowest BCUT2D eigenvalue weighted by atomic mass is 9.79. The van der Waals surface area contributed by atoms with Crippen LogP contribution in [0.4, 0.5) is 5.82 Å². The van der Waals surface area contributed by atoms with Crippen LogP contribution in [0.25, 0.3) is 0 Å². The Morgan fingerprint density at radius 3 is 2.80 bits per heavy atom. The molecule has 5 heteroatoms. The maximum atomic E-state index is 5.31. The second-order valence-corrected chi connectivity index (χ2v) is 5.93. The Bertz CT molecular complexity index is 463. The van der Waals surface area contributed by atoms with Gasteiger partial charge >= 0.3 is 0 Å². The Hall–Kier alpha value is -1.36. The van der Waals surface area contributed by atoms with Gasteiger partial charge in [-0.1, -0.05) is 19.3 Å². The van der Waals surface area contributed by atoms with Crippen molar-refractivity contribution >= 4 is 5.82 Å². The first-order valence-electron chi connectivity index (χ1n) is 7.62. The zero-order valence-corrected chi connectivity index (χ0v) is 12.5. The number of anilines is 1. The smallest absolute Gasteiger partial charge is 0.218 e. The van der Waals surface area contributed by atoms with E-state index in [-0.39, 0.29) is 5.54 Å². The van der Waals surface area contributed by atoms with Crippen LogP contribution in [0.15, 0.2) is 6.07 Å². The lowest BCUT2D eigenvalue weighted by Gasteiger charge is -2.50. The first-order valence-corrected chi connectivity index (χ1v) is 7.62. The van der Waals surface area contributed by atoms with Crippen LogP contribution in [0, 0.1) is 6.92 Å². The Kier molecular flexibility index (Phi) is 3.78. The van der Waals surface area contributed by atoms with Crippen LogP contribution >= 0.6 is 0 Å². The average Bonchev–Trinajstić information content (AvgIpc) is 2.48. The highest BCUT2D eigenvalue weighted by Gasteiger charge is 2.40. The normalized spacial score (nSPS) is 22.0. The lowest BCUT2D eigenvalue weighted by Crippen LogP contribution is -2.62.